The summed E-state index contributed by atoms with van der Waals surface area (Å²) in [5.74, 6) is 0.124. The predicted molar refractivity (Wildman–Crippen MR) is 46.3 cm³/mol. The Morgan fingerprint density at radius 2 is 2.38 bits per heavy atom. The van der Waals surface area contributed by atoms with E-state index in [4.69, 9.17) is 0 Å². The van der Waals surface area contributed by atoms with Gasteiger partial charge in [-0.2, -0.15) is 0 Å². The lowest BCUT2D eigenvalue weighted by atomic mass is 9.79. The molecule has 70 valence electrons. The highest BCUT2D eigenvalue weighted by molar-refractivity contribution is 5.99. The van der Waals surface area contributed by atoms with E-state index >= 15 is 0 Å². The molecule has 2 heterocycles. The van der Waals surface area contributed by atoms with Gasteiger partial charge in [0, 0.05) is 20.1 Å². The van der Waals surface area contributed by atoms with E-state index in [0.717, 1.165) is 13.1 Å². The first kappa shape index (κ1) is 8.37. The summed E-state index contributed by atoms with van der Waals surface area (Å²) in [6.45, 7) is 3.45. The number of ketones is 1. The van der Waals surface area contributed by atoms with Gasteiger partial charge >= 0.3 is 0 Å². The number of aryl methyl sites for hydroxylation is 1. The minimum Gasteiger partial charge on any atom is -0.315 e. The van der Waals surface area contributed by atoms with E-state index in [9.17, 15) is 4.79 Å². The number of hydrogen-bond donors (Lipinski definition) is 1. The third kappa shape index (κ3) is 1.16. The number of aromatic nitrogens is 3. The summed E-state index contributed by atoms with van der Waals surface area (Å²) in [4.78, 5) is 11.9. The van der Waals surface area contributed by atoms with Gasteiger partial charge in [0.15, 0.2) is 5.78 Å². The minimum absolute atomic E-state index is 0.124. The van der Waals surface area contributed by atoms with E-state index in [1.165, 1.54) is 10.9 Å². The van der Waals surface area contributed by atoms with Gasteiger partial charge < -0.3 is 5.32 Å². The van der Waals surface area contributed by atoms with Gasteiger partial charge in [-0.25, -0.2) is 4.68 Å². The number of Topliss-reactive ketones (excluding diaryl/α,β-unsaturated/α-hetero) is 1. The summed E-state index contributed by atoms with van der Waals surface area (Å²) in [5.41, 5.74) is 0.333. The van der Waals surface area contributed by atoms with Crippen molar-refractivity contribution in [2.75, 3.05) is 13.1 Å². The molecule has 0 saturated carbocycles. The van der Waals surface area contributed by atoms with Crippen LogP contribution in [0.3, 0.4) is 0 Å². The SMILES string of the molecule is Cn1nncc1C(=O)C1(C)CNC1. The van der Waals surface area contributed by atoms with E-state index in [1.807, 2.05) is 6.92 Å². The lowest BCUT2D eigenvalue weighted by Gasteiger charge is -2.37. The van der Waals surface area contributed by atoms with Crippen LogP contribution in [-0.2, 0) is 7.05 Å². The van der Waals surface area contributed by atoms with Gasteiger partial charge in [0.2, 0.25) is 0 Å². The number of nitrogens with zero attached hydrogens (tertiary/aromatic N) is 3. The van der Waals surface area contributed by atoms with E-state index in [2.05, 4.69) is 15.6 Å². The number of carbonyl (C=O) groups is 1. The van der Waals surface area contributed by atoms with Crippen molar-refractivity contribution in [3.8, 4) is 0 Å². The Bertz CT molecular complexity index is 340. The molecule has 5 heteroatoms. The van der Waals surface area contributed by atoms with Crippen LogP contribution in [-0.4, -0.2) is 33.9 Å². The van der Waals surface area contributed by atoms with Gasteiger partial charge in [-0.05, 0) is 6.92 Å². The lowest BCUT2D eigenvalue weighted by molar-refractivity contribution is 0.0711. The summed E-state index contributed by atoms with van der Waals surface area (Å²) in [6, 6.07) is 0. The molecule has 5 nitrogen and oxygen atoms in total. The summed E-state index contributed by atoms with van der Waals surface area (Å²) in [5, 5.41) is 10.5. The summed E-state index contributed by atoms with van der Waals surface area (Å²) in [6.07, 6.45) is 1.52. The van der Waals surface area contributed by atoms with Crippen LogP contribution in [0.5, 0.6) is 0 Å². The first-order valence-electron chi connectivity index (χ1n) is 4.24. The Hall–Kier alpha value is -1.23. The third-order valence-corrected chi connectivity index (χ3v) is 2.53. The molecule has 1 fully saturated rings. The van der Waals surface area contributed by atoms with Crippen LogP contribution < -0.4 is 5.32 Å². The topological polar surface area (TPSA) is 59.8 Å². The molecular weight excluding hydrogens is 168 g/mol. The van der Waals surface area contributed by atoms with Crippen molar-refractivity contribution in [2.45, 2.75) is 6.92 Å². The van der Waals surface area contributed by atoms with Gasteiger partial charge in [-0.1, -0.05) is 5.21 Å². The average molecular weight is 180 g/mol. The smallest absolute Gasteiger partial charge is 0.190 e. The Balaban J connectivity index is 2.27. The van der Waals surface area contributed by atoms with E-state index in [0.29, 0.717) is 5.69 Å². The molecular formula is C8H12N4O. The molecule has 13 heavy (non-hydrogen) atoms. The fourth-order valence-corrected chi connectivity index (χ4v) is 1.47. The van der Waals surface area contributed by atoms with E-state index < -0.39 is 0 Å². The molecule has 2 rings (SSSR count). The second kappa shape index (κ2) is 2.63. The lowest BCUT2D eigenvalue weighted by Crippen LogP contribution is -2.56. The average Bonchev–Trinajstić information content (AvgIpc) is 2.46. The first-order chi connectivity index (χ1) is 6.13. The van der Waals surface area contributed by atoms with Crippen molar-refractivity contribution in [3.05, 3.63) is 11.9 Å². The van der Waals surface area contributed by atoms with Crippen molar-refractivity contribution in [1.82, 2.24) is 20.3 Å². The summed E-state index contributed by atoms with van der Waals surface area (Å²) < 4.78 is 1.52. The Labute approximate surface area is 76.1 Å². The van der Waals surface area contributed by atoms with Crippen LogP contribution in [0.15, 0.2) is 6.20 Å². The first-order valence-corrected chi connectivity index (χ1v) is 4.24. The monoisotopic (exact) mass is 180 g/mol. The zero-order chi connectivity index (χ0) is 9.47. The molecule has 0 aromatic carbocycles. The van der Waals surface area contributed by atoms with E-state index in [1.54, 1.807) is 7.05 Å². The number of nitrogens with one attached hydrogen (secondary N) is 1. The van der Waals surface area contributed by atoms with Crippen molar-refractivity contribution >= 4 is 5.78 Å². The molecule has 0 spiro atoms. The zero-order valence-corrected chi connectivity index (χ0v) is 7.74. The molecule has 0 bridgehead atoms. The van der Waals surface area contributed by atoms with E-state index in [-0.39, 0.29) is 11.2 Å². The van der Waals surface area contributed by atoms with Crippen LogP contribution >= 0.6 is 0 Å². The molecule has 0 aliphatic carbocycles. The number of hydrogen-bond acceptors (Lipinski definition) is 4. The quantitative estimate of drug-likeness (QED) is 0.629. The number of carbonyl (C=O) groups excluding carboxylic acids is 1. The molecule has 1 N–H and O–H groups in total. The normalized spacial score (nSPS) is 19.5. The van der Waals surface area contributed by atoms with Gasteiger partial charge in [-0.3, -0.25) is 4.79 Å². The maximum absolute atomic E-state index is 11.9. The highest BCUT2D eigenvalue weighted by Crippen LogP contribution is 2.25. The molecule has 1 aliphatic rings. The fourth-order valence-electron chi connectivity index (χ4n) is 1.47. The van der Waals surface area contributed by atoms with Crippen molar-refractivity contribution in [2.24, 2.45) is 12.5 Å². The van der Waals surface area contributed by atoms with Gasteiger partial charge in [0.05, 0.1) is 11.6 Å². The van der Waals surface area contributed by atoms with Crippen LogP contribution in [0, 0.1) is 5.41 Å². The van der Waals surface area contributed by atoms with Crippen molar-refractivity contribution in [1.29, 1.82) is 0 Å². The predicted octanol–water partition coefficient (Wildman–Crippen LogP) is -0.393. The third-order valence-electron chi connectivity index (χ3n) is 2.53. The molecule has 0 unspecified atom stereocenters. The molecule has 1 aromatic rings. The van der Waals surface area contributed by atoms with Crippen LogP contribution in [0.2, 0.25) is 0 Å². The second-order valence-corrected chi connectivity index (χ2v) is 3.74. The van der Waals surface area contributed by atoms with Gasteiger partial charge in [-0.15, -0.1) is 5.10 Å². The van der Waals surface area contributed by atoms with Crippen molar-refractivity contribution in [3.63, 3.8) is 0 Å². The van der Waals surface area contributed by atoms with Crippen molar-refractivity contribution < 1.29 is 4.79 Å². The highest BCUT2D eigenvalue weighted by Gasteiger charge is 2.40. The maximum atomic E-state index is 11.9. The molecule has 1 saturated heterocycles. The summed E-state index contributed by atoms with van der Waals surface area (Å²) >= 11 is 0. The molecule has 0 atom stereocenters. The largest absolute Gasteiger partial charge is 0.315 e. The fraction of sp³-hybridized carbons (Fsp3) is 0.625. The number of rotatable bonds is 2. The highest BCUT2D eigenvalue weighted by atomic mass is 16.1. The minimum atomic E-state index is -0.254. The Morgan fingerprint density at radius 1 is 1.69 bits per heavy atom. The van der Waals surface area contributed by atoms with Crippen LogP contribution in [0.25, 0.3) is 0 Å². The molecule has 0 amide bonds. The molecule has 1 aliphatic heterocycles. The second-order valence-electron chi connectivity index (χ2n) is 3.74. The maximum Gasteiger partial charge on any atom is 0.190 e. The van der Waals surface area contributed by atoms with Gasteiger partial charge in [0.1, 0.15) is 5.69 Å². The molecule has 0 radical (unpaired) electrons. The van der Waals surface area contributed by atoms with Crippen LogP contribution in [0.4, 0.5) is 0 Å². The van der Waals surface area contributed by atoms with Gasteiger partial charge in [0.25, 0.3) is 0 Å². The van der Waals surface area contributed by atoms with Crippen LogP contribution in [0.1, 0.15) is 17.4 Å². The zero-order valence-electron chi connectivity index (χ0n) is 7.74. The summed E-state index contributed by atoms with van der Waals surface area (Å²) in [7, 11) is 1.73. The Morgan fingerprint density at radius 3 is 2.77 bits per heavy atom. The Kier molecular flexibility index (Phi) is 1.69. The molecule has 1 aromatic heterocycles. The standard InChI is InChI=1S/C8H12N4O/c1-8(4-9-5-8)7(13)6-3-10-11-12(6)2/h3,9H,4-5H2,1-2H3.